The third-order valence-corrected chi connectivity index (χ3v) is 4.79. The Morgan fingerprint density at radius 1 is 1.12 bits per heavy atom. The van der Waals surface area contributed by atoms with Crippen LogP contribution >= 0.6 is 24.0 Å². The summed E-state index contributed by atoms with van der Waals surface area (Å²) in [6.45, 7) is 0. The number of thioether (sulfide) groups is 1. The molecule has 0 atom stereocenters. The van der Waals surface area contributed by atoms with Crippen LogP contribution in [0.4, 0.5) is 11.4 Å². The van der Waals surface area contributed by atoms with Crippen molar-refractivity contribution in [2.75, 3.05) is 5.43 Å². The molecule has 1 N–H and O–H groups in total. The number of thiocarbonyl (C=S) groups is 1. The monoisotopic (exact) mass is 383 g/mol. The molecule has 1 heterocycles. The summed E-state index contributed by atoms with van der Waals surface area (Å²) in [6, 6.07) is 15.6. The minimum atomic E-state index is -0.442. The predicted octanol–water partition coefficient (Wildman–Crippen LogP) is 4.38. The van der Waals surface area contributed by atoms with Crippen LogP contribution in [0.3, 0.4) is 0 Å². The second-order valence-corrected chi connectivity index (χ2v) is 6.87. The van der Waals surface area contributed by atoms with Crippen molar-refractivity contribution in [1.29, 1.82) is 0 Å². The van der Waals surface area contributed by atoms with Gasteiger partial charge in [0.05, 0.1) is 21.1 Å². The van der Waals surface area contributed by atoms with Gasteiger partial charge in [0.25, 0.3) is 11.6 Å². The number of hydrazine groups is 1. The molecule has 1 saturated heterocycles. The molecule has 1 fully saturated rings. The van der Waals surface area contributed by atoms with Crippen molar-refractivity contribution in [1.82, 2.24) is 5.01 Å². The summed E-state index contributed by atoms with van der Waals surface area (Å²) in [5, 5.41) is 12.3. The first kappa shape index (κ1) is 17.8. The Morgan fingerprint density at radius 2 is 1.81 bits per heavy atom. The first-order valence-corrected chi connectivity index (χ1v) is 8.78. The number of allylic oxidation sites excluding steroid dienone is 2. The molecule has 0 spiro atoms. The summed E-state index contributed by atoms with van der Waals surface area (Å²) in [7, 11) is 0. The first-order valence-electron chi connectivity index (χ1n) is 7.56. The zero-order chi connectivity index (χ0) is 18.5. The van der Waals surface area contributed by atoms with E-state index in [1.54, 1.807) is 36.4 Å². The molecule has 1 aliphatic rings. The summed E-state index contributed by atoms with van der Waals surface area (Å²) in [6.07, 6.45) is 4.80. The molecule has 2 aromatic carbocycles. The average Bonchev–Trinajstić information content (AvgIpc) is 2.90. The summed E-state index contributed by atoms with van der Waals surface area (Å²) in [4.78, 5) is 23.5. The van der Waals surface area contributed by atoms with E-state index in [0.717, 1.165) is 5.69 Å². The number of para-hydroxylation sites is 2. The molecule has 0 bridgehead atoms. The largest absolute Gasteiger partial charge is 0.290 e. The van der Waals surface area contributed by atoms with Crippen molar-refractivity contribution >= 4 is 51.7 Å². The van der Waals surface area contributed by atoms with E-state index < -0.39 is 4.92 Å². The topological polar surface area (TPSA) is 75.5 Å². The van der Waals surface area contributed by atoms with Crippen molar-refractivity contribution in [3.05, 3.63) is 87.3 Å². The number of nitro groups is 1. The number of anilines is 1. The summed E-state index contributed by atoms with van der Waals surface area (Å²) in [5.74, 6) is -0.268. The highest BCUT2D eigenvalue weighted by atomic mass is 32.2. The fourth-order valence-electron chi connectivity index (χ4n) is 2.25. The van der Waals surface area contributed by atoms with Crippen molar-refractivity contribution in [3.8, 4) is 0 Å². The van der Waals surface area contributed by atoms with E-state index in [1.165, 1.54) is 22.8 Å². The van der Waals surface area contributed by atoms with Crippen LogP contribution in [0.25, 0.3) is 6.08 Å². The van der Waals surface area contributed by atoms with Crippen molar-refractivity contribution in [2.24, 2.45) is 0 Å². The maximum Gasteiger partial charge on any atom is 0.285 e. The fourth-order valence-corrected chi connectivity index (χ4v) is 3.38. The van der Waals surface area contributed by atoms with Crippen LogP contribution in [-0.2, 0) is 4.79 Å². The van der Waals surface area contributed by atoms with Gasteiger partial charge in [-0.15, -0.1) is 0 Å². The Morgan fingerprint density at radius 3 is 2.54 bits per heavy atom. The Kier molecular flexibility index (Phi) is 5.45. The van der Waals surface area contributed by atoms with Crippen molar-refractivity contribution < 1.29 is 9.72 Å². The maximum atomic E-state index is 12.5. The molecular formula is C18H13N3O3S2. The number of rotatable bonds is 5. The molecule has 0 saturated carbocycles. The normalized spacial score (nSPS) is 15.8. The quantitative estimate of drug-likeness (QED) is 0.357. The van der Waals surface area contributed by atoms with E-state index in [2.05, 4.69) is 5.43 Å². The molecule has 8 heteroatoms. The molecule has 2 aromatic rings. The average molecular weight is 383 g/mol. The minimum absolute atomic E-state index is 0.00967. The van der Waals surface area contributed by atoms with Gasteiger partial charge in [0.2, 0.25) is 0 Å². The van der Waals surface area contributed by atoms with Gasteiger partial charge in [-0.25, -0.2) is 5.01 Å². The van der Waals surface area contributed by atoms with Gasteiger partial charge >= 0.3 is 0 Å². The Bertz CT molecular complexity index is 926. The van der Waals surface area contributed by atoms with Gasteiger partial charge in [0.1, 0.15) is 0 Å². The number of carbonyl (C=O) groups excluding carboxylic acids is 1. The molecule has 0 radical (unpaired) electrons. The van der Waals surface area contributed by atoms with Gasteiger partial charge in [-0.2, -0.15) is 0 Å². The number of carbonyl (C=O) groups is 1. The zero-order valence-corrected chi connectivity index (χ0v) is 15.0. The SMILES string of the molecule is O=C1/C(=C\C=C/c2ccccc2[N+](=O)[O-])SC(=S)N1Nc1ccccc1. The second kappa shape index (κ2) is 7.94. The van der Waals surface area contributed by atoms with Crippen LogP contribution in [0.2, 0.25) is 0 Å². The van der Waals surface area contributed by atoms with Crippen LogP contribution in [0, 0.1) is 10.1 Å². The number of nitrogens with one attached hydrogen (secondary N) is 1. The van der Waals surface area contributed by atoms with E-state index >= 15 is 0 Å². The Labute approximate surface area is 159 Å². The fraction of sp³-hybridized carbons (Fsp3) is 0. The van der Waals surface area contributed by atoms with Gasteiger partial charge in [0.15, 0.2) is 4.32 Å². The lowest BCUT2D eigenvalue weighted by atomic mass is 10.1. The molecule has 1 amide bonds. The number of benzene rings is 2. The number of hydrogen-bond donors (Lipinski definition) is 1. The lowest BCUT2D eigenvalue weighted by Gasteiger charge is -2.16. The van der Waals surface area contributed by atoms with Gasteiger partial charge in [-0.1, -0.05) is 48.2 Å². The molecule has 1 aliphatic heterocycles. The highest BCUT2D eigenvalue weighted by Gasteiger charge is 2.32. The van der Waals surface area contributed by atoms with E-state index in [9.17, 15) is 14.9 Å². The van der Waals surface area contributed by atoms with E-state index in [-0.39, 0.29) is 11.6 Å². The molecule has 0 aliphatic carbocycles. The molecule has 3 rings (SSSR count). The lowest BCUT2D eigenvalue weighted by molar-refractivity contribution is -0.385. The smallest absolute Gasteiger partial charge is 0.285 e. The van der Waals surface area contributed by atoms with Crippen LogP contribution in [0.1, 0.15) is 5.56 Å². The standard InChI is InChI=1S/C18H13N3O3S2/c22-17-16(12-6-8-13-7-4-5-11-15(13)21(23)24)26-18(25)20(17)19-14-9-2-1-3-10-14/h1-12,19H/b8-6-,16-12+. The minimum Gasteiger partial charge on any atom is -0.290 e. The Balaban J connectivity index is 1.75. The molecule has 0 aromatic heterocycles. The first-order chi connectivity index (χ1) is 12.6. The van der Waals surface area contributed by atoms with Crippen LogP contribution in [0.15, 0.2) is 71.7 Å². The number of amides is 1. The van der Waals surface area contributed by atoms with E-state index in [1.807, 2.05) is 30.3 Å². The summed E-state index contributed by atoms with van der Waals surface area (Å²) in [5.41, 5.74) is 4.19. The lowest BCUT2D eigenvalue weighted by Crippen LogP contribution is -2.33. The summed E-state index contributed by atoms with van der Waals surface area (Å²) < 4.78 is 0.393. The predicted molar refractivity (Wildman–Crippen MR) is 107 cm³/mol. The zero-order valence-electron chi connectivity index (χ0n) is 13.4. The van der Waals surface area contributed by atoms with Crippen molar-refractivity contribution in [2.45, 2.75) is 0 Å². The molecular weight excluding hydrogens is 370 g/mol. The highest BCUT2D eigenvalue weighted by Crippen LogP contribution is 2.31. The number of nitro benzene ring substituents is 1. The Hall–Kier alpha value is -2.97. The molecule has 6 nitrogen and oxygen atoms in total. The summed E-state index contributed by atoms with van der Waals surface area (Å²) >= 11 is 6.41. The van der Waals surface area contributed by atoms with Gasteiger partial charge in [0, 0.05) is 6.07 Å². The van der Waals surface area contributed by atoms with Gasteiger partial charge in [-0.05, 0) is 42.6 Å². The third kappa shape index (κ3) is 3.98. The van der Waals surface area contributed by atoms with Gasteiger partial charge in [-0.3, -0.25) is 20.3 Å². The van der Waals surface area contributed by atoms with Crippen molar-refractivity contribution in [3.63, 3.8) is 0 Å². The highest BCUT2D eigenvalue weighted by molar-refractivity contribution is 8.26. The van der Waals surface area contributed by atoms with Gasteiger partial charge < -0.3 is 0 Å². The number of hydrogen-bond acceptors (Lipinski definition) is 6. The molecule has 26 heavy (non-hydrogen) atoms. The molecule has 130 valence electrons. The van der Waals surface area contributed by atoms with E-state index in [4.69, 9.17) is 12.2 Å². The van der Waals surface area contributed by atoms with Crippen LogP contribution < -0.4 is 5.43 Å². The number of nitrogens with zero attached hydrogens (tertiary/aromatic N) is 2. The maximum absolute atomic E-state index is 12.5. The van der Waals surface area contributed by atoms with Crippen LogP contribution in [0.5, 0.6) is 0 Å². The molecule has 0 unspecified atom stereocenters. The third-order valence-electron chi connectivity index (χ3n) is 3.47. The van der Waals surface area contributed by atoms with E-state index in [0.29, 0.717) is 14.8 Å². The second-order valence-electron chi connectivity index (χ2n) is 5.19. The van der Waals surface area contributed by atoms with Crippen LogP contribution in [-0.4, -0.2) is 20.2 Å².